The molecule has 2 N–H and O–H groups in total. The molecule has 0 aliphatic heterocycles. The fourth-order valence-corrected chi connectivity index (χ4v) is 1.90. The van der Waals surface area contributed by atoms with E-state index in [2.05, 4.69) is 48.7 Å². The third-order valence-corrected chi connectivity index (χ3v) is 3.05. The molecule has 0 spiro atoms. The topological polar surface area (TPSA) is 24.1 Å². The molecule has 0 aliphatic carbocycles. The van der Waals surface area contributed by atoms with Crippen molar-refractivity contribution < 1.29 is 0 Å². The minimum absolute atomic E-state index is 0.704. The second-order valence-electron chi connectivity index (χ2n) is 4.22. The van der Waals surface area contributed by atoms with Crippen molar-refractivity contribution in [3.8, 4) is 0 Å². The van der Waals surface area contributed by atoms with E-state index < -0.39 is 0 Å². The predicted octanol–water partition coefficient (Wildman–Crippen LogP) is 2.91. The molecule has 1 unspecified atom stereocenters. The quantitative estimate of drug-likeness (QED) is 0.738. The van der Waals surface area contributed by atoms with Gasteiger partial charge < -0.3 is 10.6 Å². The van der Waals surface area contributed by atoms with E-state index in [1.807, 2.05) is 7.05 Å². The zero-order chi connectivity index (χ0) is 11.8. The maximum Gasteiger partial charge on any atom is 0.0372 e. The summed E-state index contributed by atoms with van der Waals surface area (Å²) in [5.74, 6) is 0.704. The van der Waals surface area contributed by atoms with Crippen molar-refractivity contribution >= 4 is 5.69 Å². The van der Waals surface area contributed by atoms with Crippen LogP contribution in [0.25, 0.3) is 0 Å². The Morgan fingerprint density at radius 3 is 2.50 bits per heavy atom. The lowest BCUT2D eigenvalue weighted by Crippen LogP contribution is -2.25. The zero-order valence-electron chi connectivity index (χ0n) is 10.7. The molecule has 0 aliphatic rings. The van der Waals surface area contributed by atoms with E-state index in [9.17, 15) is 0 Å². The highest BCUT2D eigenvalue weighted by Crippen LogP contribution is 2.16. The highest BCUT2D eigenvalue weighted by Gasteiger charge is 2.05. The average molecular weight is 220 g/mol. The van der Waals surface area contributed by atoms with Gasteiger partial charge in [0, 0.05) is 12.2 Å². The van der Waals surface area contributed by atoms with Gasteiger partial charge in [0.15, 0.2) is 0 Å². The third-order valence-electron chi connectivity index (χ3n) is 3.05. The molecule has 1 rings (SSSR count). The van der Waals surface area contributed by atoms with Crippen molar-refractivity contribution in [2.24, 2.45) is 5.92 Å². The Labute approximate surface area is 99.5 Å². The normalized spacial score (nSPS) is 12.4. The summed E-state index contributed by atoms with van der Waals surface area (Å²) in [4.78, 5) is 0. The van der Waals surface area contributed by atoms with Gasteiger partial charge >= 0.3 is 0 Å². The largest absolute Gasteiger partial charge is 0.384 e. The lowest BCUT2D eigenvalue weighted by atomic mass is 10.1. The van der Waals surface area contributed by atoms with E-state index in [-0.39, 0.29) is 0 Å². The van der Waals surface area contributed by atoms with Gasteiger partial charge in [0.1, 0.15) is 0 Å². The molecular weight excluding hydrogens is 196 g/mol. The first-order valence-electron chi connectivity index (χ1n) is 6.28. The first-order chi connectivity index (χ1) is 7.81. The number of rotatable bonds is 7. The van der Waals surface area contributed by atoms with Crippen molar-refractivity contribution in [2.75, 3.05) is 25.5 Å². The highest BCUT2D eigenvalue weighted by atomic mass is 14.9. The Morgan fingerprint density at radius 2 is 1.88 bits per heavy atom. The van der Waals surface area contributed by atoms with Crippen LogP contribution in [-0.4, -0.2) is 20.1 Å². The van der Waals surface area contributed by atoms with Crippen molar-refractivity contribution in [3.63, 3.8) is 0 Å². The van der Waals surface area contributed by atoms with Crippen molar-refractivity contribution in [2.45, 2.75) is 26.7 Å². The first kappa shape index (κ1) is 13.0. The van der Waals surface area contributed by atoms with Crippen molar-refractivity contribution in [3.05, 3.63) is 29.8 Å². The summed E-state index contributed by atoms with van der Waals surface area (Å²) in [6.07, 6.45) is 2.30. The van der Waals surface area contributed by atoms with Crippen LogP contribution in [0.4, 0.5) is 5.69 Å². The van der Waals surface area contributed by atoms with E-state index in [0.717, 1.165) is 19.5 Å². The van der Waals surface area contributed by atoms with Crippen LogP contribution in [0.3, 0.4) is 0 Å². The molecule has 0 saturated carbocycles. The summed E-state index contributed by atoms with van der Waals surface area (Å²) in [6, 6.07) is 8.57. The lowest BCUT2D eigenvalue weighted by Gasteiger charge is -2.17. The summed E-state index contributed by atoms with van der Waals surface area (Å²) in [6.45, 7) is 6.58. The molecule has 2 heteroatoms. The van der Waals surface area contributed by atoms with Gasteiger partial charge in [-0.25, -0.2) is 0 Å². The molecule has 0 aromatic heterocycles. The Balaban J connectivity index is 2.52. The smallest absolute Gasteiger partial charge is 0.0372 e. The summed E-state index contributed by atoms with van der Waals surface area (Å²) in [5, 5.41) is 6.80. The van der Waals surface area contributed by atoms with E-state index in [4.69, 9.17) is 0 Å². The van der Waals surface area contributed by atoms with Gasteiger partial charge in [0.2, 0.25) is 0 Å². The van der Waals surface area contributed by atoms with E-state index in [0.29, 0.717) is 5.92 Å². The van der Waals surface area contributed by atoms with Crippen LogP contribution >= 0.6 is 0 Å². The van der Waals surface area contributed by atoms with Gasteiger partial charge in [-0.2, -0.15) is 0 Å². The number of anilines is 1. The van der Waals surface area contributed by atoms with Crippen LogP contribution in [0, 0.1) is 5.92 Å². The number of nitrogens with one attached hydrogen (secondary N) is 2. The van der Waals surface area contributed by atoms with Gasteiger partial charge in [-0.15, -0.1) is 0 Å². The van der Waals surface area contributed by atoms with Crippen LogP contribution in [0.1, 0.15) is 25.8 Å². The Morgan fingerprint density at radius 1 is 1.12 bits per heavy atom. The molecule has 0 heterocycles. The van der Waals surface area contributed by atoms with Crippen molar-refractivity contribution in [1.82, 2.24) is 5.32 Å². The highest BCUT2D eigenvalue weighted by molar-refractivity contribution is 5.51. The van der Waals surface area contributed by atoms with Crippen LogP contribution in [0.5, 0.6) is 0 Å². The summed E-state index contributed by atoms with van der Waals surface area (Å²) in [7, 11) is 2.02. The van der Waals surface area contributed by atoms with Gasteiger partial charge in [0.25, 0.3) is 0 Å². The average Bonchev–Trinajstić information content (AvgIpc) is 2.34. The molecule has 1 aromatic rings. The van der Waals surface area contributed by atoms with E-state index in [1.165, 1.54) is 17.7 Å². The van der Waals surface area contributed by atoms with Crippen LogP contribution < -0.4 is 10.6 Å². The number of aryl methyl sites for hydroxylation is 1. The molecule has 2 nitrogen and oxygen atoms in total. The standard InChI is InChI=1S/C14H24N2/c1-4-12(10-15-3)11-16-14-9-7-6-8-13(14)5-2/h6-9,12,15-16H,4-5,10-11H2,1-3H3. The Bertz CT molecular complexity index is 297. The fourth-order valence-electron chi connectivity index (χ4n) is 1.90. The van der Waals surface area contributed by atoms with E-state index in [1.54, 1.807) is 0 Å². The van der Waals surface area contributed by atoms with E-state index >= 15 is 0 Å². The molecule has 16 heavy (non-hydrogen) atoms. The SMILES string of the molecule is CCc1ccccc1NCC(CC)CNC. The predicted molar refractivity (Wildman–Crippen MR) is 72.0 cm³/mol. The van der Waals surface area contributed by atoms with Crippen molar-refractivity contribution in [1.29, 1.82) is 0 Å². The molecule has 1 atom stereocenters. The number of para-hydroxylation sites is 1. The Hall–Kier alpha value is -1.02. The molecule has 0 bridgehead atoms. The molecule has 0 radical (unpaired) electrons. The fraction of sp³-hybridized carbons (Fsp3) is 0.571. The molecule has 90 valence electrons. The molecular formula is C14H24N2. The zero-order valence-corrected chi connectivity index (χ0v) is 10.7. The minimum atomic E-state index is 0.704. The Kier molecular flexibility index (Phi) is 5.94. The summed E-state index contributed by atoms with van der Waals surface area (Å²) in [5.41, 5.74) is 2.70. The summed E-state index contributed by atoms with van der Waals surface area (Å²) >= 11 is 0. The maximum atomic E-state index is 3.56. The van der Waals surface area contributed by atoms with Gasteiger partial charge in [0.05, 0.1) is 0 Å². The van der Waals surface area contributed by atoms with Gasteiger partial charge in [-0.05, 0) is 37.6 Å². The second-order valence-corrected chi connectivity index (χ2v) is 4.22. The minimum Gasteiger partial charge on any atom is -0.384 e. The molecule has 0 amide bonds. The lowest BCUT2D eigenvalue weighted by molar-refractivity contribution is 0.506. The number of benzene rings is 1. The molecule has 0 saturated heterocycles. The number of hydrogen-bond donors (Lipinski definition) is 2. The maximum absolute atomic E-state index is 3.56. The molecule has 1 aromatic carbocycles. The monoisotopic (exact) mass is 220 g/mol. The molecule has 0 fully saturated rings. The van der Waals surface area contributed by atoms with Crippen LogP contribution in [-0.2, 0) is 6.42 Å². The second kappa shape index (κ2) is 7.29. The summed E-state index contributed by atoms with van der Waals surface area (Å²) < 4.78 is 0. The third kappa shape index (κ3) is 3.86. The van der Waals surface area contributed by atoms with Gasteiger partial charge in [-0.1, -0.05) is 38.5 Å². The first-order valence-corrected chi connectivity index (χ1v) is 6.28. The number of hydrogen-bond acceptors (Lipinski definition) is 2. The van der Waals surface area contributed by atoms with Crippen LogP contribution in [0.15, 0.2) is 24.3 Å². The van der Waals surface area contributed by atoms with Crippen LogP contribution in [0.2, 0.25) is 0 Å². The van der Waals surface area contributed by atoms with Gasteiger partial charge in [-0.3, -0.25) is 0 Å².